The molecule has 1 saturated heterocycles. The summed E-state index contributed by atoms with van der Waals surface area (Å²) in [6, 6.07) is 7.91. The van der Waals surface area contributed by atoms with E-state index in [9.17, 15) is 4.79 Å². The normalized spacial score (nSPS) is 15.7. The van der Waals surface area contributed by atoms with E-state index in [2.05, 4.69) is 26.9 Å². The van der Waals surface area contributed by atoms with E-state index >= 15 is 0 Å². The molecule has 0 atom stereocenters. The van der Waals surface area contributed by atoms with Crippen LogP contribution in [0.15, 0.2) is 24.3 Å². The van der Waals surface area contributed by atoms with Crippen LogP contribution in [0.5, 0.6) is 0 Å². The molecule has 0 aliphatic carbocycles. The van der Waals surface area contributed by atoms with Crippen LogP contribution >= 0.6 is 15.9 Å². The third-order valence-corrected chi connectivity index (χ3v) is 3.27. The van der Waals surface area contributed by atoms with E-state index in [1.54, 1.807) is 0 Å². The highest BCUT2D eigenvalue weighted by Crippen LogP contribution is 2.21. The van der Waals surface area contributed by atoms with Crippen LogP contribution in [0.3, 0.4) is 0 Å². The molecule has 1 aromatic rings. The third kappa shape index (κ3) is 2.40. The third-order valence-electron chi connectivity index (χ3n) is 2.76. The minimum absolute atomic E-state index is 0.149. The zero-order valence-corrected chi connectivity index (χ0v) is 10.2. The van der Waals surface area contributed by atoms with Crippen molar-refractivity contribution in [1.29, 1.82) is 0 Å². The zero-order chi connectivity index (χ0) is 10.7. The molecule has 1 aliphatic heterocycles. The van der Waals surface area contributed by atoms with Crippen LogP contribution in [0, 0.1) is 0 Å². The highest BCUT2D eigenvalue weighted by molar-refractivity contribution is 9.09. The molecule has 0 unspecified atom stereocenters. The fourth-order valence-electron chi connectivity index (χ4n) is 1.93. The van der Waals surface area contributed by atoms with Crippen molar-refractivity contribution in [2.75, 3.05) is 23.3 Å². The van der Waals surface area contributed by atoms with E-state index < -0.39 is 0 Å². The van der Waals surface area contributed by atoms with Crippen LogP contribution < -0.4 is 4.90 Å². The molecule has 3 heteroatoms. The first-order valence-corrected chi connectivity index (χ1v) is 6.37. The Bertz CT molecular complexity index is 358. The molecule has 0 bridgehead atoms. The molecule has 2 nitrogen and oxygen atoms in total. The van der Waals surface area contributed by atoms with Gasteiger partial charge in [0.25, 0.3) is 0 Å². The molecule has 80 valence electrons. The van der Waals surface area contributed by atoms with Crippen molar-refractivity contribution in [2.24, 2.45) is 0 Å². The minimum atomic E-state index is 0.149. The quantitative estimate of drug-likeness (QED) is 0.620. The Morgan fingerprint density at radius 2 is 2.07 bits per heavy atom. The van der Waals surface area contributed by atoms with Gasteiger partial charge in [-0.1, -0.05) is 28.1 Å². The summed E-state index contributed by atoms with van der Waals surface area (Å²) >= 11 is 3.20. The summed E-state index contributed by atoms with van der Waals surface area (Å²) in [6.45, 7) is 2.23. The fraction of sp³-hybridized carbons (Fsp3) is 0.417. The number of Topliss-reactive ketones (excluding diaryl/α,β-unsaturated/α-hetero) is 1. The number of carbonyl (C=O) groups is 1. The van der Waals surface area contributed by atoms with Gasteiger partial charge in [0, 0.05) is 24.3 Å². The number of carbonyl (C=O) groups excluding carboxylic acids is 1. The van der Waals surface area contributed by atoms with Gasteiger partial charge in [-0.25, -0.2) is 0 Å². The maximum atomic E-state index is 11.5. The molecular weight excluding hydrogens is 254 g/mol. The van der Waals surface area contributed by atoms with E-state index in [0.717, 1.165) is 18.7 Å². The molecule has 15 heavy (non-hydrogen) atoms. The fourth-order valence-corrected chi connectivity index (χ4v) is 2.25. The first-order chi connectivity index (χ1) is 7.31. The predicted octanol–water partition coefficient (Wildman–Crippen LogP) is 2.86. The molecule has 1 aromatic carbocycles. The lowest BCUT2D eigenvalue weighted by Crippen LogP contribution is -2.17. The number of hydrogen-bond donors (Lipinski definition) is 0. The number of benzene rings is 1. The lowest BCUT2D eigenvalue weighted by Gasteiger charge is -2.17. The zero-order valence-electron chi connectivity index (χ0n) is 8.58. The molecule has 1 heterocycles. The van der Waals surface area contributed by atoms with Gasteiger partial charge in [0.1, 0.15) is 0 Å². The summed E-state index contributed by atoms with van der Waals surface area (Å²) < 4.78 is 0. The highest BCUT2D eigenvalue weighted by atomic mass is 79.9. The van der Waals surface area contributed by atoms with Gasteiger partial charge in [-0.05, 0) is 25.0 Å². The van der Waals surface area contributed by atoms with Gasteiger partial charge in [-0.2, -0.15) is 0 Å². The second-order valence-corrected chi connectivity index (χ2v) is 4.36. The Balaban J connectivity index is 2.21. The van der Waals surface area contributed by atoms with E-state index in [-0.39, 0.29) is 5.78 Å². The van der Waals surface area contributed by atoms with Gasteiger partial charge in [0.2, 0.25) is 0 Å². The van der Waals surface area contributed by atoms with Gasteiger partial charge in [0.15, 0.2) is 5.78 Å². The van der Waals surface area contributed by atoms with Crippen molar-refractivity contribution in [3.63, 3.8) is 0 Å². The average molecular weight is 268 g/mol. The van der Waals surface area contributed by atoms with Crippen LogP contribution in [-0.2, 0) is 0 Å². The van der Waals surface area contributed by atoms with E-state index in [0.29, 0.717) is 5.33 Å². The molecule has 1 aliphatic rings. The highest BCUT2D eigenvalue weighted by Gasteiger charge is 2.13. The first-order valence-electron chi connectivity index (χ1n) is 5.25. The van der Waals surface area contributed by atoms with Gasteiger partial charge in [0.05, 0.1) is 5.33 Å². The second-order valence-electron chi connectivity index (χ2n) is 3.80. The van der Waals surface area contributed by atoms with Crippen LogP contribution in [-0.4, -0.2) is 24.2 Å². The van der Waals surface area contributed by atoms with Crippen molar-refractivity contribution in [1.82, 2.24) is 0 Å². The summed E-state index contributed by atoms with van der Waals surface area (Å²) in [4.78, 5) is 13.9. The smallest absolute Gasteiger partial charge is 0.173 e. The Labute approximate surface area is 98.4 Å². The SMILES string of the molecule is O=C(CBr)c1cccc(N2CCCC2)c1. The van der Waals surface area contributed by atoms with Crippen LogP contribution in [0.2, 0.25) is 0 Å². The molecule has 0 saturated carbocycles. The summed E-state index contributed by atoms with van der Waals surface area (Å²) in [7, 11) is 0. The van der Waals surface area contributed by atoms with E-state index in [1.165, 1.54) is 18.5 Å². The first kappa shape index (κ1) is 10.7. The number of alkyl halides is 1. The van der Waals surface area contributed by atoms with Crippen LogP contribution in [0.4, 0.5) is 5.69 Å². The summed E-state index contributed by atoms with van der Waals surface area (Å²) in [6.07, 6.45) is 2.52. The number of rotatable bonds is 3. The van der Waals surface area contributed by atoms with Crippen LogP contribution in [0.1, 0.15) is 23.2 Å². The Morgan fingerprint density at radius 3 is 2.73 bits per heavy atom. The number of halogens is 1. The topological polar surface area (TPSA) is 20.3 Å². The number of nitrogens with zero attached hydrogens (tertiary/aromatic N) is 1. The predicted molar refractivity (Wildman–Crippen MR) is 66.0 cm³/mol. The van der Waals surface area contributed by atoms with Crippen LogP contribution in [0.25, 0.3) is 0 Å². The maximum absolute atomic E-state index is 11.5. The maximum Gasteiger partial charge on any atom is 0.173 e. The molecule has 0 N–H and O–H groups in total. The lowest BCUT2D eigenvalue weighted by molar-refractivity contribution is 0.102. The second kappa shape index (κ2) is 4.79. The largest absolute Gasteiger partial charge is 0.372 e. The van der Waals surface area contributed by atoms with Gasteiger partial charge in [-0.15, -0.1) is 0 Å². The summed E-state index contributed by atoms with van der Waals surface area (Å²) in [5.41, 5.74) is 1.98. The summed E-state index contributed by atoms with van der Waals surface area (Å²) in [5, 5.41) is 0.399. The molecule has 0 radical (unpaired) electrons. The van der Waals surface area contributed by atoms with Crippen molar-refractivity contribution in [3.05, 3.63) is 29.8 Å². The van der Waals surface area contributed by atoms with Crippen molar-refractivity contribution < 1.29 is 4.79 Å². The monoisotopic (exact) mass is 267 g/mol. The van der Waals surface area contributed by atoms with Gasteiger partial charge >= 0.3 is 0 Å². The van der Waals surface area contributed by atoms with Crippen molar-refractivity contribution in [3.8, 4) is 0 Å². The number of anilines is 1. The Kier molecular flexibility index (Phi) is 3.41. The molecular formula is C12H14BrNO. The van der Waals surface area contributed by atoms with E-state index in [1.807, 2.05) is 18.2 Å². The lowest BCUT2D eigenvalue weighted by atomic mass is 10.1. The van der Waals surface area contributed by atoms with Gasteiger partial charge in [-0.3, -0.25) is 4.79 Å². The van der Waals surface area contributed by atoms with Crippen molar-refractivity contribution >= 4 is 27.4 Å². The average Bonchev–Trinajstić information content (AvgIpc) is 2.82. The van der Waals surface area contributed by atoms with Gasteiger partial charge < -0.3 is 4.90 Å². The molecule has 0 amide bonds. The molecule has 0 aromatic heterocycles. The van der Waals surface area contributed by atoms with Crippen molar-refractivity contribution in [2.45, 2.75) is 12.8 Å². The number of hydrogen-bond acceptors (Lipinski definition) is 2. The summed E-state index contributed by atoms with van der Waals surface area (Å²) in [5.74, 6) is 0.149. The Hall–Kier alpha value is -0.830. The number of ketones is 1. The molecule has 2 rings (SSSR count). The molecule has 0 spiro atoms. The Morgan fingerprint density at radius 1 is 1.33 bits per heavy atom. The minimum Gasteiger partial charge on any atom is -0.372 e. The standard InChI is InChI=1S/C12H14BrNO/c13-9-12(15)10-4-3-5-11(8-10)14-6-1-2-7-14/h3-5,8H,1-2,6-7,9H2. The molecule has 1 fully saturated rings. The van der Waals surface area contributed by atoms with E-state index in [4.69, 9.17) is 0 Å².